The second kappa shape index (κ2) is 8.47. The number of carboxylic acids is 1. The summed E-state index contributed by atoms with van der Waals surface area (Å²) >= 11 is 0. The minimum Gasteiger partial charge on any atom is -0.507 e. The van der Waals surface area contributed by atoms with Gasteiger partial charge in [-0.25, -0.2) is 9.59 Å². The minimum absolute atomic E-state index is 0.0596. The van der Waals surface area contributed by atoms with E-state index in [1.807, 2.05) is 0 Å². The van der Waals surface area contributed by atoms with Crippen molar-refractivity contribution >= 4 is 17.6 Å². The largest absolute Gasteiger partial charge is 0.507 e. The van der Waals surface area contributed by atoms with Gasteiger partial charge < -0.3 is 20.1 Å². The van der Waals surface area contributed by atoms with Crippen LogP contribution in [0.5, 0.6) is 11.5 Å². The number of phenolic OH excluding ortho intramolecular Hbond substituents is 1. The molecule has 26 heavy (non-hydrogen) atoms. The number of nitrogens with zero attached hydrogens (tertiary/aromatic N) is 1. The number of carbonyl (C=O) groups excluding carboxylic acids is 1. The Morgan fingerprint density at radius 2 is 1.62 bits per heavy atom. The summed E-state index contributed by atoms with van der Waals surface area (Å²) in [4.78, 5) is 31.4. The summed E-state index contributed by atoms with van der Waals surface area (Å²) in [5, 5.41) is 37.5. The van der Waals surface area contributed by atoms with Crippen LogP contribution in [0.1, 0.15) is 31.8 Å². The number of nitro benzene ring substituents is 1. The van der Waals surface area contributed by atoms with Crippen LogP contribution in [0.4, 0.5) is 5.69 Å². The van der Waals surface area contributed by atoms with Gasteiger partial charge in [-0.15, -0.1) is 0 Å². The van der Waals surface area contributed by atoms with Gasteiger partial charge in [0.15, 0.2) is 0 Å². The minimum atomic E-state index is -1.11. The van der Waals surface area contributed by atoms with E-state index in [-0.39, 0.29) is 33.9 Å². The van der Waals surface area contributed by atoms with Crippen LogP contribution in [0.25, 0.3) is 0 Å². The van der Waals surface area contributed by atoms with E-state index < -0.39 is 16.9 Å². The van der Waals surface area contributed by atoms with Gasteiger partial charge in [-0.3, -0.25) is 10.1 Å². The van der Waals surface area contributed by atoms with Crippen molar-refractivity contribution in [1.29, 1.82) is 0 Å². The number of hydrogen-bond donors (Lipinski definition) is 3. The zero-order valence-electron chi connectivity index (χ0n) is 14.2. The van der Waals surface area contributed by atoms with Crippen molar-refractivity contribution in [3.05, 3.63) is 62.7 Å². The molecule has 0 fully saturated rings. The molecule has 3 N–H and O–H groups in total. The lowest BCUT2D eigenvalue weighted by atomic mass is 10.1. The summed E-state index contributed by atoms with van der Waals surface area (Å²) in [5.41, 5.74) is 0.622. The summed E-state index contributed by atoms with van der Waals surface area (Å²) in [7, 11) is 1.13. The maximum Gasteiger partial charge on any atom is 0.341 e. The van der Waals surface area contributed by atoms with Crippen molar-refractivity contribution in [2.75, 3.05) is 7.11 Å². The van der Waals surface area contributed by atoms with Gasteiger partial charge in [0.25, 0.3) is 5.69 Å². The lowest BCUT2D eigenvalue weighted by Crippen LogP contribution is -2.03. The average molecular weight is 363 g/mol. The van der Waals surface area contributed by atoms with E-state index in [0.717, 1.165) is 24.8 Å². The summed E-state index contributed by atoms with van der Waals surface area (Å²) in [5.74, 6) is -2.43. The van der Waals surface area contributed by atoms with E-state index in [0.29, 0.717) is 0 Å². The number of ether oxygens (including phenoxy) is 1. The van der Waals surface area contributed by atoms with Crippen LogP contribution in [0.2, 0.25) is 0 Å². The number of hydrogen-bond acceptors (Lipinski definition) is 7. The topological polar surface area (TPSA) is 147 Å². The lowest BCUT2D eigenvalue weighted by molar-refractivity contribution is -0.385. The van der Waals surface area contributed by atoms with E-state index in [1.165, 1.54) is 19.1 Å². The lowest BCUT2D eigenvalue weighted by Gasteiger charge is -2.04. The Morgan fingerprint density at radius 1 is 1.04 bits per heavy atom. The van der Waals surface area contributed by atoms with Gasteiger partial charge in [-0.1, -0.05) is 6.07 Å². The molecule has 0 aliphatic rings. The third-order valence-corrected chi connectivity index (χ3v) is 3.30. The Morgan fingerprint density at radius 3 is 2.08 bits per heavy atom. The van der Waals surface area contributed by atoms with Gasteiger partial charge >= 0.3 is 11.9 Å². The van der Waals surface area contributed by atoms with Gasteiger partial charge in [0.1, 0.15) is 22.6 Å². The predicted octanol–water partition coefficient (Wildman–Crippen LogP) is 2.79. The second-order valence-corrected chi connectivity index (χ2v) is 5.23. The summed E-state index contributed by atoms with van der Waals surface area (Å²) < 4.78 is 4.37. The van der Waals surface area contributed by atoms with Crippen LogP contribution >= 0.6 is 0 Å². The van der Waals surface area contributed by atoms with Crippen LogP contribution < -0.4 is 0 Å². The van der Waals surface area contributed by atoms with Gasteiger partial charge in [-0.05, 0) is 37.6 Å². The van der Waals surface area contributed by atoms with Gasteiger partial charge in [-0.2, -0.15) is 0 Å². The first-order valence-electron chi connectivity index (χ1n) is 7.17. The smallest absolute Gasteiger partial charge is 0.341 e. The number of esters is 1. The highest BCUT2D eigenvalue weighted by Crippen LogP contribution is 2.27. The molecule has 138 valence electrons. The third-order valence-electron chi connectivity index (χ3n) is 3.30. The average Bonchev–Trinajstić information content (AvgIpc) is 2.54. The van der Waals surface area contributed by atoms with Crippen LogP contribution in [-0.4, -0.2) is 39.3 Å². The molecule has 0 radical (unpaired) electrons. The monoisotopic (exact) mass is 363 g/mol. The van der Waals surface area contributed by atoms with E-state index in [2.05, 4.69) is 4.74 Å². The number of carbonyl (C=O) groups is 2. The molecule has 0 saturated carbocycles. The number of nitro groups is 1. The van der Waals surface area contributed by atoms with Crippen molar-refractivity contribution < 1.29 is 34.6 Å². The molecule has 0 atom stereocenters. The number of aromatic hydroxyl groups is 2. The molecule has 0 bridgehead atoms. The van der Waals surface area contributed by atoms with Crippen LogP contribution in [0.3, 0.4) is 0 Å². The summed E-state index contributed by atoms with van der Waals surface area (Å²) in [6.07, 6.45) is 0. The van der Waals surface area contributed by atoms with E-state index in [9.17, 15) is 24.8 Å². The van der Waals surface area contributed by atoms with Gasteiger partial charge in [0, 0.05) is 11.6 Å². The van der Waals surface area contributed by atoms with Crippen LogP contribution in [0, 0.1) is 24.0 Å². The second-order valence-electron chi connectivity index (χ2n) is 5.23. The first-order chi connectivity index (χ1) is 12.1. The fourth-order valence-corrected chi connectivity index (χ4v) is 1.97. The predicted molar refractivity (Wildman–Crippen MR) is 90.6 cm³/mol. The zero-order chi connectivity index (χ0) is 20.0. The molecule has 0 aromatic heterocycles. The highest BCUT2D eigenvalue weighted by atomic mass is 16.6. The highest BCUT2D eigenvalue weighted by Gasteiger charge is 2.19. The molecule has 9 heteroatoms. The number of carboxylic acid groups (broad SMARTS) is 1. The molecule has 9 nitrogen and oxygen atoms in total. The van der Waals surface area contributed by atoms with E-state index in [4.69, 9.17) is 10.2 Å². The normalized spacial score (nSPS) is 9.65. The number of aryl methyl sites for hydroxylation is 2. The molecule has 2 aromatic rings. The molecule has 0 unspecified atom stereocenters. The SMILES string of the molecule is COC(=O)c1cc([N+](=O)[O-])c(C)cc1O.Cc1ccc(C(=O)O)c(O)c1. The highest BCUT2D eigenvalue weighted by molar-refractivity contribution is 5.93. The molecular weight excluding hydrogens is 346 g/mol. The molecule has 2 rings (SSSR count). The van der Waals surface area contributed by atoms with E-state index >= 15 is 0 Å². The van der Waals surface area contributed by atoms with Crippen molar-refractivity contribution in [2.45, 2.75) is 13.8 Å². The van der Waals surface area contributed by atoms with E-state index in [1.54, 1.807) is 13.0 Å². The Bertz CT molecular complexity index is 860. The first-order valence-corrected chi connectivity index (χ1v) is 7.17. The molecule has 0 heterocycles. The zero-order valence-corrected chi connectivity index (χ0v) is 14.2. The number of methoxy groups -OCH3 is 1. The maximum atomic E-state index is 11.1. The molecule has 0 saturated heterocycles. The van der Waals surface area contributed by atoms with Gasteiger partial charge in [0.2, 0.25) is 0 Å². The number of phenols is 2. The molecule has 0 amide bonds. The van der Waals surface area contributed by atoms with Crippen molar-refractivity contribution in [1.82, 2.24) is 0 Å². The van der Waals surface area contributed by atoms with Crippen molar-refractivity contribution in [2.24, 2.45) is 0 Å². The summed E-state index contributed by atoms with van der Waals surface area (Å²) in [6, 6.07) is 6.60. The van der Waals surface area contributed by atoms with Crippen LogP contribution in [-0.2, 0) is 4.74 Å². The number of benzene rings is 2. The number of rotatable bonds is 3. The Labute approximate surface area is 148 Å². The Balaban J connectivity index is 0.000000273. The Kier molecular flexibility index (Phi) is 6.65. The maximum absolute atomic E-state index is 11.1. The number of aromatic carboxylic acids is 1. The fraction of sp³-hybridized carbons (Fsp3) is 0.176. The standard InChI is InChI=1S/C9H9NO5.C8H8O3/c1-5-3-8(11)6(9(12)15-2)4-7(5)10(13)14;1-5-2-3-6(8(10)11)7(9)4-5/h3-4,11H,1-2H3;2-4,9H,1H3,(H,10,11). The first kappa shape index (κ1) is 20.4. The summed E-state index contributed by atoms with van der Waals surface area (Å²) in [6.45, 7) is 3.25. The van der Waals surface area contributed by atoms with Crippen LogP contribution in [0.15, 0.2) is 30.3 Å². The Hall–Kier alpha value is -3.62. The fourth-order valence-electron chi connectivity index (χ4n) is 1.97. The molecule has 0 aliphatic heterocycles. The van der Waals surface area contributed by atoms with Gasteiger partial charge in [0.05, 0.1) is 12.0 Å². The van der Waals surface area contributed by atoms with Crippen molar-refractivity contribution in [3.63, 3.8) is 0 Å². The quantitative estimate of drug-likeness (QED) is 0.428. The molecule has 0 aliphatic carbocycles. The van der Waals surface area contributed by atoms with Crippen molar-refractivity contribution in [3.8, 4) is 11.5 Å². The molecule has 0 spiro atoms. The molecule has 2 aromatic carbocycles. The molecular formula is C17H17NO8. The third kappa shape index (κ3) is 4.94.